The number of ether oxygens (including phenoxy) is 2. The normalized spacial score (nSPS) is 14.9. The van der Waals surface area contributed by atoms with E-state index in [0.29, 0.717) is 23.0 Å². The van der Waals surface area contributed by atoms with E-state index in [-0.39, 0.29) is 10.8 Å². The van der Waals surface area contributed by atoms with Gasteiger partial charge in [-0.1, -0.05) is 127 Å². The quantitative estimate of drug-likeness (QED) is 0.0741. The zero-order valence-electron chi connectivity index (χ0n) is 34.4. The summed E-state index contributed by atoms with van der Waals surface area (Å²) < 4.78 is 11.9. The van der Waals surface area contributed by atoms with E-state index in [9.17, 15) is 4.79 Å². The number of carbonyl (C=O) groups is 1. The molecule has 0 N–H and O–H groups in total. The highest BCUT2D eigenvalue weighted by atomic mass is 32.1. The monoisotopic (exact) mass is 810 g/mol. The van der Waals surface area contributed by atoms with Crippen LogP contribution >= 0.6 is 22.7 Å². The van der Waals surface area contributed by atoms with Crippen molar-refractivity contribution in [3.05, 3.63) is 155 Å². The summed E-state index contributed by atoms with van der Waals surface area (Å²) >= 11 is 3.24. The number of anilines is 3. The van der Waals surface area contributed by atoms with Crippen molar-refractivity contribution in [1.82, 2.24) is 0 Å². The molecule has 2 aliphatic carbocycles. The average Bonchev–Trinajstić information content (AvgIpc) is 3.98. The van der Waals surface area contributed by atoms with E-state index in [2.05, 4.69) is 155 Å². The van der Waals surface area contributed by atoms with E-state index < -0.39 is 0 Å². The van der Waals surface area contributed by atoms with Gasteiger partial charge in [0.25, 0.3) is 6.61 Å². The first kappa shape index (κ1) is 37.7. The molecule has 6 heteroatoms. The summed E-state index contributed by atoms with van der Waals surface area (Å²) in [5.74, 6) is 1.21. The second-order valence-electron chi connectivity index (χ2n) is 17.1. The molecule has 3 aliphatic rings. The maximum atomic E-state index is 12.0. The van der Waals surface area contributed by atoms with Crippen LogP contribution in [0.3, 0.4) is 0 Å². The van der Waals surface area contributed by atoms with Crippen LogP contribution in [0.15, 0.2) is 115 Å². The van der Waals surface area contributed by atoms with Crippen LogP contribution in [0.1, 0.15) is 97.8 Å². The fourth-order valence-electron chi connectivity index (χ4n) is 9.72. The zero-order chi connectivity index (χ0) is 40.5. The van der Waals surface area contributed by atoms with Crippen molar-refractivity contribution in [3.63, 3.8) is 0 Å². The molecule has 1 aliphatic heterocycles. The Bertz CT molecular complexity index is 2640. The predicted octanol–water partition coefficient (Wildman–Crippen LogP) is 15.1. The summed E-state index contributed by atoms with van der Waals surface area (Å²) in [6, 6.07) is 43.3. The summed E-state index contributed by atoms with van der Waals surface area (Å²) in [5.41, 5.74) is 16.5. The first-order valence-corrected chi connectivity index (χ1v) is 22.6. The van der Waals surface area contributed by atoms with Crippen LogP contribution in [-0.2, 0) is 17.3 Å². The van der Waals surface area contributed by atoms with Crippen molar-refractivity contribution >= 4 is 46.0 Å². The highest BCUT2D eigenvalue weighted by molar-refractivity contribution is 7.25. The molecule has 0 bridgehead atoms. The lowest BCUT2D eigenvalue weighted by Gasteiger charge is -2.30. The topological polar surface area (TPSA) is 38.8 Å². The van der Waals surface area contributed by atoms with Gasteiger partial charge in [-0.15, -0.1) is 22.7 Å². The zero-order valence-corrected chi connectivity index (χ0v) is 36.0. The predicted molar refractivity (Wildman–Crippen MR) is 247 cm³/mol. The Balaban J connectivity index is 1.08. The van der Waals surface area contributed by atoms with Gasteiger partial charge in [0.2, 0.25) is 5.75 Å². The van der Waals surface area contributed by atoms with Gasteiger partial charge in [0.1, 0.15) is 4.88 Å². The molecule has 7 aromatic rings. The molecule has 294 valence electrons. The van der Waals surface area contributed by atoms with Gasteiger partial charge < -0.3 is 9.64 Å². The van der Waals surface area contributed by atoms with Gasteiger partial charge in [-0.05, 0) is 111 Å². The Morgan fingerprint density at radius 3 is 1.85 bits per heavy atom. The number of rotatable bonds is 11. The lowest BCUT2D eigenvalue weighted by Crippen LogP contribution is -2.18. The largest absolute Gasteiger partial charge is 0.443 e. The summed E-state index contributed by atoms with van der Waals surface area (Å²) in [4.78, 5) is 18.4. The number of fused-ring (bicyclic) bond motifs is 7. The molecular weight excluding hydrogens is 763 g/mol. The number of thiophene rings is 2. The molecule has 0 saturated heterocycles. The van der Waals surface area contributed by atoms with E-state index in [1.54, 1.807) is 17.9 Å². The Kier molecular flexibility index (Phi) is 9.34. The molecule has 5 aromatic carbocycles. The molecule has 0 atom stereocenters. The minimum absolute atomic E-state index is 0.118. The van der Waals surface area contributed by atoms with E-state index >= 15 is 0 Å². The smallest absolute Gasteiger partial charge is 0.316 e. The molecule has 0 radical (unpaired) electrons. The minimum Gasteiger partial charge on any atom is -0.443 e. The number of carbonyl (C=O) groups excluding carboxylic acids is 1. The lowest BCUT2D eigenvalue weighted by atomic mass is 9.82. The number of aryl methyl sites for hydroxylation is 1. The van der Waals surface area contributed by atoms with E-state index in [0.717, 1.165) is 45.9 Å². The number of hydrogen-bond acceptors (Lipinski definition) is 6. The third-order valence-corrected chi connectivity index (χ3v) is 15.3. The van der Waals surface area contributed by atoms with Crippen molar-refractivity contribution in [2.45, 2.75) is 77.6 Å². The van der Waals surface area contributed by atoms with Crippen LogP contribution < -0.4 is 14.4 Å². The molecule has 4 nitrogen and oxygen atoms in total. The van der Waals surface area contributed by atoms with Gasteiger partial charge in [-0.2, -0.15) is 0 Å². The summed E-state index contributed by atoms with van der Waals surface area (Å²) in [6.07, 6.45) is 6.65. The van der Waals surface area contributed by atoms with Crippen LogP contribution in [0.4, 0.5) is 17.1 Å². The number of aldehydes is 1. The first-order chi connectivity index (χ1) is 28.7. The maximum Gasteiger partial charge on any atom is 0.316 e. The van der Waals surface area contributed by atoms with Gasteiger partial charge in [-0.25, -0.2) is 0 Å². The second kappa shape index (κ2) is 14.6. The molecule has 59 heavy (non-hydrogen) atoms. The van der Waals surface area contributed by atoms with Gasteiger partial charge in [0.15, 0.2) is 12.0 Å². The van der Waals surface area contributed by atoms with Crippen LogP contribution in [0.25, 0.3) is 42.4 Å². The van der Waals surface area contributed by atoms with Crippen molar-refractivity contribution in [2.24, 2.45) is 0 Å². The molecule has 10 rings (SSSR count). The summed E-state index contributed by atoms with van der Waals surface area (Å²) in [5, 5.41) is 0. The molecular formula is C53H48NO3S2+. The minimum atomic E-state index is -0.118. The van der Waals surface area contributed by atoms with Crippen LogP contribution in [0.5, 0.6) is 11.5 Å². The Hall–Kier alpha value is -5.56. The summed E-state index contributed by atoms with van der Waals surface area (Å²) in [7, 11) is 0. The SMILES string of the molecule is CCCCCCc1cc(-c2sc(C=O)c3c2OC[CH+]O3)sc1-c1ccc(N(c2ccc3c(c2)C(C)(C)c2ccccc2-3)c2ccc3c(c2)C(C)(C)c2ccccc2-3)cc1. The highest BCUT2D eigenvalue weighted by Crippen LogP contribution is 2.55. The summed E-state index contributed by atoms with van der Waals surface area (Å²) in [6.45, 7) is 13.7. The number of nitrogens with zero attached hydrogens (tertiary/aromatic N) is 1. The Morgan fingerprint density at radius 2 is 1.24 bits per heavy atom. The number of unbranched alkanes of at least 4 members (excludes halogenated alkanes) is 3. The lowest BCUT2D eigenvalue weighted by molar-refractivity contribution is 0.112. The molecule has 0 fully saturated rings. The van der Waals surface area contributed by atoms with E-state index in [4.69, 9.17) is 9.47 Å². The Labute approximate surface area is 356 Å². The molecule has 3 heterocycles. The Morgan fingerprint density at radius 1 is 0.644 bits per heavy atom. The molecule has 2 aromatic heterocycles. The average molecular weight is 811 g/mol. The van der Waals surface area contributed by atoms with Gasteiger partial charge in [0, 0.05) is 37.6 Å². The van der Waals surface area contributed by atoms with Gasteiger partial charge >= 0.3 is 6.61 Å². The van der Waals surface area contributed by atoms with E-state index in [1.165, 1.54) is 91.1 Å². The third kappa shape index (κ3) is 6.14. The molecule has 0 saturated carbocycles. The van der Waals surface area contributed by atoms with Crippen molar-refractivity contribution in [1.29, 1.82) is 0 Å². The number of hydrogen-bond donors (Lipinski definition) is 0. The van der Waals surface area contributed by atoms with Crippen molar-refractivity contribution in [3.8, 4) is 53.9 Å². The van der Waals surface area contributed by atoms with Gasteiger partial charge in [0.05, 0.1) is 4.88 Å². The van der Waals surface area contributed by atoms with E-state index in [1.807, 2.05) is 0 Å². The maximum absolute atomic E-state index is 12.0. The van der Waals surface area contributed by atoms with Crippen molar-refractivity contribution in [2.75, 3.05) is 11.5 Å². The van der Waals surface area contributed by atoms with Crippen molar-refractivity contribution < 1.29 is 14.3 Å². The third-order valence-electron chi connectivity index (χ3n) is 12.8. The van der Waals surface area contributed by atoms with Gasteiger partial charge in [-0.3, -0.25) is 9.53 Å². The highest BCUT2D eigenvalue weighted by Gasteiger charge is 2.38. The second-order valence-corrected chi connectivity index (χ2v) is 19.2. The molecule has 0 spiro atoms. The fourth-order valence-corrected chi connectivity index (χ4v) is 12.0. The standard InChI is InChI=1S/C53H48NO3S2/c1-6-7-8-9-14-34-29-46(51-49-48(47(32-55)59-51)56-27-28-57-49)58-50(34)33-19-21-35(22-20-33)54(36-23-25-40-38-15-10-12-17-42(38)52(2,3)44(40)30-36)37-24-26-41-39-16-11-13-18-43(39)53(4,5)45(41)31-37/h10-13,15-27,29-32H,6-9,14,28H2,1-5H3/q+1. The van der Waals surface area contributed by atoms with Crippen LogP contribution in [-0.4, -0.2) is 12.9 Å². The fraction of sp³-hybridized carbons (Fsp3) is 0.245. The van der Waals surface area contributed by atoms with Crippen LogP contribution in [0.2, 0.25) is 0 Å². The molecule has 0 unspecified atom stereocenters. The first-order valence-electron chi connectivity index (χ1n) is 20.9. The number of benzene rings is 5. The molecule has 0 amide bonds. The van der Waals surface area contributed by atoms with Crippen LogP contribution in [0, 0.1) is 6.61 Å².